The van der Waals surface area contributed by atoms with Gasteiger partial charge in [-0.3, -0.25) is 4.79 Å². The van der Waals surface area contributed by atoms with Crippen LogP contribution in [0.2, 0.25) is 0 Å². The predicted octanol–water partition coefficient (Wildman–Crippen LogP) is 1.58. The third-order valence-electron chi connectivity index (χ3n) is 2.74. The van der Waals surface area contributed by atoms with E-state index in [1.54, 1.807) is 30.7 Å². The van der Waals surface area contributed by atoms with E-state index in [1.165, 1.54) is 4.80 Å². The Bertz CT molecular complexity index is 538. The van der Waals surface area contributed by atoms with Crippen LogP contribution in [0.15, 0.2) is 30.7 Å². The third kappa shape index (κ3) is 3.15. The molecule has 1 unspecified atom stereocenters. The van der Waals surface area contributed by atoms with Gasteiger partial charge in [0.2, 0.25) is 0 Å². The van der Waals surface area contributed by atoms with Crippen molar-refractivity contribution >= 4 is 5.91 Å². The summed E-state index contributed by atoms with van der Waals surface area (Å²) in [5.41, 5.74) is 0.474. The zero-order valence-corrected chi connectivity index (χ0v) is 11.1. The van der Waals surface area contributed by atoms with E-state index in [4.69, 9.17) is 0 Å². The minimum atomic E-state index is -0.152. The first-order valence-electron chi connectivity index (χ1n) is 6.35. The Labute approximate surface area is 111 Å². The Morgan fingerprint density at radius 1 is 1.37 bits per heavy atom. The normalized spacial score (nSPS) is 12.1. The predicted molar refractivity (Wildman–Crippen MR) is 71.0 cm³/mol. The molecule has 0 aliphatic heterocycles. The highest BCUT2D eigenvalue weighted by atomic mass is 16.1. The SMILES string of the molecule is CCCC(C)NC(=O)c1cccnc1-n1nccn1. The Morgan fingerprint density at radius 3 is 2.79 bits per heavy atom. The lowest BCUT2D eigenvalue weighted by Gasteiger charge is -2.13. The third-order valence-corrected chi connectivity index (χ3v) is 2.74. The van der Waals surface area contributed by atoms with Crippen LogP contribution in [0.1, 0.15) is 37.0 Å². The van der Waals surface area contributed by atoms with E-state index >= 15 is 0 Å². The zero-order chi connectivity index (χ0) is 13.7. The molecule has 1 amide bonds. The fourth-order valence-electron chi connectivity index (χ4n) is 1.87. The molecule has 0 bridgehead atoms. The van der Waals surface area contributed by atoms with Crippen LogP contribution in [0.3, 0.4) is 0 Å². The molecule has 1 N–H and O–H groups in total. The molecule has 0 aliphatic rings. The Hall–Kier alpha value is -2.24. The van der Waals surface area contributed by atoms with Crippen molar-refractivity contribution in [2.45, 2.75) is 32.7 Å². The van der Waals surface area contributed by atoms with Gasteiger partial charge >= 0.3 is 0 Å². The van der Waals surface area contributed by atoms with Crippen molar-refractivity contribution in [3.8, 4) is 5.82 Å². The van der Waals surface area contributed by atoms with E-state index in [2.05, 4.69) is 27.4 Å². The second-order valence-corrected chi connectivity index (χ2v) is 4.36. The molecule has 2 heterocycles. The number of amides is 1. The smallest absolute Gasteiger partial charge is 0.255 e. The molecule has 19 heavy (non-hydrogen) atoms. The summed E-state index contributed by atoms with van der Waals surface area (Å²) in [4.78, 5) is 17.7. The van der Waals surface area contributed by atoms with Crippen molar-refractivity contribution in [2.24, 2.45) is 0 Å². The topological polar surface area (TPSA) is 72.7 Å². The first-order chi connectivity index (χ1) is 9.22. The first-order valence-corrected chi connectivity index (χ1v) is 6.35. The average molecular weight is 259 g/mol. The lowest BCUT2D eigenvalue weighted by atomic mass is 10.1. The molecule has 0 aliphatic carbocycles. The minimum absolute atomic E-state index is 0.135. The van der Waals surface area contributed by atoms with Gasteiger partial charge in [-0.15, -0.1) is 4.80 Å². The molecule has 0 saturated carbocycles. The van der Waals surface area contributed by atoms with E-state index in [0.717, 1.165) is 12.8 Å². The summed E-state index contributed by atoms with van der Waals surface area (Å²) in [7, 11) is 0. The summed E-state index contributed by atoms with van der Waals surface area (Å²) in [6, 6.07) is 3.59. The highest BCUT2D eigenvalue weighted by molar-refractivity contribution is 5.97. The van der Waals surface area contributed by atoms with Gasteiger partial charge in [0.25, 0.3) is 5.91 Å². The van der Waals surface area contributed by atoms with Crippen molar-refractivity contribution in [1.29, 1.82) is 0 Å². The molecule has 0 aromatic carbocycles. The molecule has 2 aromatic heterocycles. The van der Waals surface area contributed by atoms with Crippen molar-refractivity contribution < 1.29 is 4.79 Å². The summed E-state index contributed by atoms with van der Waals surface area (Å²) in [5.74, 6) is 0.287. The van der Waals surface area contributed by atoms with Crippen LogP contribution in [-0.4, -0.2) is 31.9 Å². The summed E-state index contributed by atoms with van der Waals surface area (Å²) >= 11 is 0. The lowest BCUT2D eigenvalue weighted by molar-refractivity contribution is 0.0937. The highest BCUT2D eigenvalue weighted by Crippen LogP contribution is 2.09. The van der Waals surface area contributed by atoms with Gasteiger partial charge in [-0.25, -0.2) is 4.98 Å². The van der Waals surface area contributed by atoms with Gasteiger partial charge in [0.05, 0.1) is 18.0 Å². The van der Waals surface area contributed by atoms with Gasteiger partial charge in [-0.2, -0.15) is 10.2 Å². The molecular weight excluding hydrogens is 242 g/mol. The number of hydrogen-bond acceptors (Lipinski definition) is 4. The van der Waals surface area contributed by atoms with Crippen molar-refractivity contribution in [3.63, 3.8) is 0 Å². The zero-order valence-electron chi connectivity index (χ0n) is 11.1. The summed E-state index contributed by atoms with van der Waals surface area (Å²) < 4.78 is 0. The van der Waals surface area contributed by atoms with Crippen LogP contribution >= 0.6 is 0 Å². The van der Waals surface area contributed by atoms with Crippen molar-refractivity contribution in [1.82, 2.24) is 25.3 Å². The maximum atomic E-state index is 12.2. The number of rotatable bonds is 5. The van der Waals surface area contributed by atoms with Gasteiger partial charge in [0.1, 0.15) is 0 Å². The summed E-state index contributed by atoms with van der Waals surface area (Å²) in [6.07, 6.45) is 6.69. The molecule has 2 aromatic rings. The number of pyridine rings is 1. The number of aromatic nitrogens is 4. The maximum Gasteiger partial charge on any atom is 0.255 e. The van der Waals surface area contributed by atoms with E-state index in [0.29, 0.717) is 11.4 Å². The van der Waals surface area contributed by atoms with Gasteiger partial charge in [-0.1, -0.05) is 13.3 Å². The van der Waals surface area contributed by atoms with E-state index in [-0.39, 0.29) is 11.9 Å². The number of hydrogen-bond donors (Lipinski definition) is 1. The number of carbonyl (C=O) groups excluding carboxylic acids is 1. The second kappa shape index (κ2) is 6.08. The quantitative estimate of drug-likeness (QED) is 0.884. The largest absolute Gasteiger partial charge is 0.349 e. The van der Waals surface area contributed by atoms with Crippen LogP contribution in [0.5, 0.6) is 0 Å². The fourth-order valence-corrected chi connectivity index (χ4v) is 1.87. The summed E-state index contributed by atoms with van der Waals surface area (Å²) in [5, 5.41) is 11.0. The standard InChI is InChI=1S/C13H17N5O/c1-3-5-10(2)17-13(19)11-6-4-7-14-12(11)18-15-8-9-16-18/h4,6-10H,3,5H2,1-2H3,(H,17,19). The van der Waals surface area contributed by atoms with Crippen LogP contribution in [0.4, 0.5) is 0 Å². The molecule has 0 saturated heterocycles. The van der Waals surface area contributed by atoms with Crippen LogP contribution in [-0.2, 0) is 0 Å². The van der Waals surface area contributed by atoms with E-state index < -0.39 is 0 Å². The Morgan fingerprint density at radius 2 is 2.11 bits per heavy atom. The van der Waals surface area contributed by atoms with Gasteiger partial charge in [0, 0.05) is 12.2 Å². The van der Waals surface area contributed by atoms with E-state index in [1.807, 2.05) is 6.92 Å². The number of nitrogens with one attached hydrogen (secondary N) is 1. The number of carbonyl (C=O) groups is 1. The highest BCUT2D eigenvalue weighted by Gasteiger charge is 2.16. The van der Waals surface area contributed by atoms with Crippen molar-refractivity contribution in [3.05, 3.63) is 36.3 Å². The molecule has 1 atom stereocenters. The summed E-state index contributed by atoms with van der Waals surface area (Å²) in [6.45, 7) is 4.08. The van der Waals surface area contributed by atoms with Crippen LogP contribution < -0.4 is 5.32 Å². The van der Waals surface area contributed by atoms with Crippen LogP contribution in [0, 0.1) is 0 Å². The molecule has 0 spiro atoms. The molecule has 100 valence electrons. The van der Waals surface area contributed by atoms with Gasteiger partial charge in [0.15, 0.2) is 5.82 Å². The molecule has 6 nitrogen and oxygen atoms in total. The lowest BCUT2D eigenvalue weighted by Crippen LogP contribution is -2.33. The first kappa shape index (κ1) is 13.2. The molecule has 6 heteroatoms. The molecule has 2 rings (SSSR count). The maximum absolute atomic E-state index is 12.2. The van der Waals surface area contributed by atoms with Gasteiger partial charge in [-0.05, 0) is 25.5 Å². The Kier molecular flexibility index (Phi) is 4.22. The van der Waals surface area contributed by atoms with Crippen molar-refractivity contribution in [2.75, 3.05) is 0 Å². The Balaban J connectivity index is 2.23. The second-order valence-electron chi connectivity index (χ2n) is 4.36. The van der Waals surface area contributed by atoms with Crippen LogP contribution in [0.25, 0.3) is 5.82 Å². The average Bonchev–Trinajstić information content (AvgIpc) is 2.92. The van der Waals surface area contributed by atoms with E-state index in [9.17, 15) is 4.79 Å². The number of nitrogens with zero attached hydrogens (tertiary/aromatic N) is 4. The molecular formula is C13H17N5O. The fraction of sp³-hybridized carbons (Fsp3) is 0.385. The minimum Gasteiger partial charge on any atom is -0.349 e. The molecule has 0 fully saturated rings. The molecule has 0 radical (unpaired) electrons. The monoisotopic (exact) mass is 259 g/mol. The van der Waals surface area contributed by atoms with Gasteiger partial charge < -0.3 is 5.32 Å².